The number of nitriles is 1. The Labute approximate surface area is 190 Å². The average molecular weight is 498 g/mol. The molecule has 4 aromatic rings. The third kappa shape index (κ3) is 3.76. The van der Waals surface area contributed by atoms with Gasteiger partial charge in [0.1, 0.15) is 28.3 Å². The van der Waals surface area contributed by atoms with Gasteiger partial charge in [0.2, 0.25) is 0 Å². The molecule has 9 nitrogen and oxygen atoms in total. The molecule has 0 saturated heterocycles. The van der Waals surface area contributed by atoms with Crippen molar-refractivity contribution in [3.63, 3.8) is 0 Å². The molecule has 4 rings (SSSR count). The summed E-state index contributed by atoms with van der Waals surface area (Å²) in [5, 5.41) is 16.5. The quantitative estimate of drug-likeness (QED) is 0.434. The molecule has 0 spiro atoms. The van der Waals surface area contributed by atoms with Gasteiger partial charge in [-0.1, -0.05) is 0 Å². The van der Waals surface area contributed by atoms with E-state index in [4.69, 9.17) is 10.5 Å². The van der Waals surface area contributed by atoms with E-state index in [2.05, 4.69) is 37.2 Å². The van der Waals surface area contributed by atoms with Gasteiger partial charge >= 0.3 is 0 Å². The van der Waals surface area contributed by atoms with Gasteiger partial charge in [-0.05, 0) is 47.1 Å². The van der Waals surface area contributed by atoms with Crippen LogP contribution in [-0.2, 0) is 7.05 Å². The van der Waals surface area contributed by atoms with Crippen LogP contribution in [0.5, 0.6) is 5.75 Å². The van der Waals surface area contributed by atoms with E-state index in [0.717, 1.165) is 0 Å². The van der Waals surface area contributed by atoms with Crippen molar-refractivity contribution in [3.05, 3.63) is 74.8 Å². The van der Waals surface area contributed by atoms with E-state index in [9.17, 15) is 14.4 Å². The molecule has 1 atom stereocenters. The maximum atomic E-state index is 14.0. The van der Waals surface area contributed by atoms with Gasteiger partial charge in [0.25, 0.3) is 5.56 Å². The van der Waals surface area contributed by atoms with Crippen LogP contribution in [0.1, 0.15) is 24.3 Å². The summed E-state index contributed by atoms with van der Waals surface area (Å²) in [6.45, 7) is 1.71. The van der Waals surface area contributed by atoms with E-state index in [0.29, 0.717) is 32.7 Å². The van der Waals surface area contributed by atoms with E-state index in [1.54, 1.807) is 20.0 Å². The lowest BCUT2D eigenvalue weighted by Gasteiger charge is -2.20. The number of ether oxygens (including phenoxy) is 1. The number of anilines is 1. The van der Waals surface area contributed by atoms with Crippen LogP contribution in [0.25, 0.3) is 16.8 Å². The van der Waals surface area contributed by atoms with Crippen molar-refractivity contribution in [1.29, 1.82) is 5.26 Å². The number of aromatic nitrogens is 5. The zero-order valence-electron chi connectivity index (χ0n) is 17.0. The van der Waals surface area contributed by atoms with Gasteiger partial charge in [-0.3, -0.25) is 14.6 Å². The lowest BCUT2D eigenvalue weighted by atomic mass is 10.1. The highest BCUT2D eigenvalue weighted by Gasteiger charge is 2.21. The van der Waals surface area contributed by atoms with Gasteiger partial charge < -0.3 is 10.5 Å². The minimum Gasteiger partial charge on any atom is -0.482 e. The summed E-state index contributed by atoms with van der Waals surface area (Å²) >= 11 is 3.36. The smallest absolute Gasteiger partial charge is 0.271 e. The molecule has 1 aromatic carbocycles. The molecule has 0 aliphatic rings. The van der Waals surface area contributed by atoms with Crippen LogP contribution >= 0.6 is 15.9 Å². The second-order valence-corrected chi connectivity index (χ2v) is 7.71. The molecular formula is C21H17BrFN7O2. The second kappa shape index (κ2) is 8.32. The highest BCUT2D eigenvalue weighted by atomic mass is 79.9. The molecule has 0 aliphatic heterocycles. The van der Waals surface area contributed by atoms with Crippen molar-refractivity contribution in [2.24, 2.45) is 7.05 Å². The highest BCUT2D eigenvalue weighted by Crippen LogP contribution is 2.36. The van der Waals surface area contributed by atoms with Crippen LogP contribution in [0, 0.1) is 17.1 Å². The second-order valence-electron chi connectivity index (χ2n) is 6.96. The zero-order chi connectivity index (χ0) is 23.0. The summed E-state index contributed by atoms with van der Waals surface area (Å²) in [7, 11) is 1.66. The molecule has 3 heterocycles. The molecular weight excluding hydrogens is 481 g/mol. The number of hydrogen-bond donors (Lipinski definition) is 2. The summed E-state index contributed by atoms with van der Waals surface area (Å²) < 4.78 is 23.3. The number of aromatic amines is 1. The maximum Gasteiger partial charge on any atom is 0.271 e. The molecule has 11 heteroatoms. The third-order valence-corrected chi connectivity index (χ3v) is 5.46. The fourth-order valence-corrected chi connectivity index (χ4v) is 4.03. The molecule has 3 N–H and O–H groups in total. The first-order valence-corrected chi connectivity index (χ1v) is 10.2. The van der Waals surface area contributed by atoms with E-state index < -0.39 is 11.9 Å². The van der Waals surface area contributed by atoms with Crippen LogP contribution in [0.4, 0.5) is 10.2 Å². The topological polar surface area (TPSA) is 128 Å². The van der Waals surface area contributed by atoms with E-state index in [-0.39, 0.29) is 17.1 Å². The molecule has 0 aliphatic carbocycles. The molecule has 32 heavy (non-hydrogen) atoms. The van der Waals surface area contributed by atoms with Crippen LogP contribution in [-0.4, -0.2) is 24.5 Å². The number of nitrogen functional groups attached to an aromatic ring is 1. The molecule has 0 fully saturated rings. The minimum absolute atomic E-state index is 0.120. The SMILES string of the molecule is C[C@@H](Oc1cc(-c2c(Br)nn(C)c2C#N)cnc1N)c1cc(F)ccc1-n1[nH]ccc1=O. The Hall–Kier alpha value is -3.91. The van der Waals surface area contributed by atoms with E-state index in [1.165, 1.54) is 46.0 Å². The molecule has 3 aromatic heterocycles. The molecule has 0 radical (unpaired) electrons. The van der Waals surface area contributed by atoms with Crippen LogP contribution < -0.4 is 16.0 Å². The number of halogens is 2. The van der Waals surface area contributed by atoms with Gasteiger partial charge in [0.05, 0.1) is 11.3 Å². The number of nitrogens with two attached hydrogens (primary N) is 1. The largest absolute Gasteiger partial charge is 0.482 e. The van der Waals surface area contributed by atoms with Crippen molar-refractivity contribution in [2.75, 3.05) is 5.73 Å². The van der Waals surface area contributed by atoms with Crippen LogP contribution in [0.15, 0.2) is 52.1 Å². The van der Waals surface area contributed by atoms with Crippen molar-refractivity contribution < 1.29 is 9.13 Å². The monoisotopic (exact) mass is 497 g/mol. The Balaban J connectivity index is 1.75. The summed E-state index contributed by atoms with van der Waals surface area (Å²) in [6.07, 6.45) is 2.31. The minimum atomic E-state index is -0.692. The lowest BCUT2D eigenvalue weighted by molar-refractivity contribution is 0.226. The lowest BCUT2D eigenvalue weighted by Crippen LogP contribution is -2.18. The van der Waals surface area contributed by atoms with Crippen LogP contribution in [0.3, 0.4) is 0 Å². The fourth-order valence-electron chi connectivity index (χ4n) is 3.38. The Bertz CT molecular complexity index is 1420. The van der Waals surface area contributed by atoms with Gasteiger partial charge in [-0.2, -0.15) is 10.4 Å². The van der Waals surface area contributed by atoms with Gasteiger partial charge in [0.15, 0.2) is 11.6 Å². The van der Waals surface area contributed by atoms with Gasteiger partial charge in [0, 0.05) is 36.6 Å². The highest BCUT2D eigenvalue weighted by molar-refractivity contribution is 9.10. The number of nitrogens with zero attached hydrogens (tertiary/aromatic N) is 5. The first kappa shape index (κ1) is 21.3. The number of hydrogen-bond acceptors (Lipinski definition) is 6. The number of aryl methyl sites for hydroxylation is 1. The Kier molecular flexibility index (Phi) is 5.54. The third-order valence-electron chi connectivity index (χ3n) is 4.90. The number of pyridine rings is 1. The molecule has 0 bridgehead atoms. The first-order valence-electron chi connectivity index (χ1n) is 9.41. The summed E-state index contributed by atoms with van der Waals surface area (Å²) in [6, 6.07) is 9.17. The number of rotatable bonds is 5. The van der Waals surface area contributed by atoms with Crippen molar-refractivity contribution >= 4 is 21.7 Å². The predicted molar refractivity (Wildman–Crippen MR) is 119 cm³/mol. The number of H-pyrrole nitrogens is 1. The Morgan fingerprint density at radius 2 is 2.12 bits per heavy atom. The fraction of sp³-hybridized carbons (Fsp3) is 0.143. The van der Waals surface area contributed by atoms with E-state index in [1.807, 2.05) is 0 Å². The van der Waals surface area contributed by atoms with E-state index >= 15 is 0 Å². The molecule has 162 valence electrons. The van der Waals surface area contributed by atoms with Crippen molar-refractivity contribution in [3.8, 4) is 28.6 Å². The van der Waals surface area contributed by atoms with Crippen molar-refractivity contribution in [1.82, 2.24) is 24.5 Å². The average Bonchev–Trinajstić information content (AvgIpc) is 3.31. The van der Waals surface area contributed by atoms with Crippen LogP contribution in [0.2, 0.25) is 0 Å². The molecule has 0 unspecified atom stereocenters. The zero-order valence-corrected chi connectivity index (χ0v) is 18.6. The molecule has 0 amide bonds. The summed E-state index contributed by atoms with van der Waals surface area (Å²) in [4.78, 5) is 16.3. The number of nitrogens with one attached hydrogen (secondary N) is 1. The van der Waals surface area contributed by atoms with Gasteiger partial charge in [-0.25, -0.2) is 14.1 Å². The maximum absolute atomic E-state index is 14.0. The number of benzene rings is 1. The summed E-state index contributed by atoms with van der Waals surface area (Å²) in [5.41, 5.74) is 8.05. The van der Waals surface area contributed by atoms with Gasteiger partial charge in [-0.15, -0.1) is 0 Å². The predicted octanol–water partition coefficient (Wildman–Crippen LogP) is 3.46. The standard InChI is InChI=1S/C21H17BrFN7O2/c1-11(14-8-13(23)3-4-15(14)30-18(31)5-6-27-30)32-17-7-12(10-26-21(17)25)19-16(9-24)29(2)28-20(19)22/h3-8,10-11,27H,1-2H3,(H2,25,26)/t11-/m1/s1. The molecule has 0 saturated carbocycles. The van der Waals surface area contributed by atoms with Crippen molar-refractivity contribution in [2.45, 2.75) is 13.0 Å². The Morgan fingerprint density at radius 3 is 2.81 bits per heavy atom. The normalized spacial score (nSPS) is 11.8. The summed E-state index contributed by atoms with van der Waals surface area (Å²) in [5.74, 6) is -0.116. The first-order chi connectivity index (χ1) is 15.3. The Morgan fingerprint density at radius 1 is 1.34 bits per heavy atom.